The Balaban J connectivity index is 2.08. The van der Waals surface area contributed by atoms with E-state index in [1.807, 2.05) is 6.07 Å². The lowest BCUT2D eigenvalue weighted by molar-refractivity contribution is 0.0862. The van der Waals surface area contributed by atoms with Crippen LogP contribution in [0.3, 0.4) is 0 Å². The molecule has 1 N–H and O–H groups in total. The van der Waals surface area contributed by atoms with E-state index in [0.717, 1.165) is 19.3 Å². The second kappa shape index (κ2) is 5.27. The first-order chi connectivity index (χ1) is 7.83. The molecule has 1 aromatic heterocycles. The molecule has 0 unspecified atom stereocenters. The third-order valence-electron chi connectivity index (χ3n) is 2.94. The summed E-state index contributed by atoms with van der Waals surface area (Å²) in [7, 11) is 0. The summed E-state index contributed by atoms with van der Waals surface area (Å²) in [6.45, 7) is 1.44. The zero-order chi connectivity index (χ0) is 11.4. The second-order valence-corrected chi connectivity index (χ2v) is 3.98. The summed E-state index contributed by atoms with van der Waals surface area (Å²) >= 11 is 0. The average molecular weight is 223 g/mol. The first kappa shape index (κ1) is 11.4. The van der Waals surface area contributed by atoms with Crippen molar-refractivity contribution in [1.82, 2.24) is 4.57 Å². The quantitative estimate of drug-likeness (QED) is 0.733. The van der Waals surface area contributed by atoms with Crippen LogP contribution in [0.15, 0.2) is 16.9 Å². The fraction of sp³-hybridized carbons (Fsp3) is 0.583. The Morgan fingerprint density at radius 1 is 1.31 bits per heavy atom. The molecular formula is C12H17NO3. The molecule has 1 aromatic rings. The van der Waals surface area contributed by atoms with Crippen molar-refractivity contribution >= 4 is 0 Å². The fourth-order valence-electron chi connectivity index (χ4n) is 2.20. The van der Waals surface area contributed by atoms with Crippen molar-refractivity contribution < 1.29 is 9.84 Å². The largest absolute Gasteiger partial charge is 0.394 e. The smallest absolute Gasteiger partial charge is 0.250 e. The number of aliphatic hydroxyl groups excluding tert-OH is 1. The Morgan fingerprint density at radius 2 is 2.19 bits per heavy atom. The fourth-order valence-corrected chi connectivity index (χ4v) is 2.20. The highest BCUT2D eigenvalue weighted by Crippen LogP contribution is 2.19. The molecule has 0 saturated carbocycles. The van der Waals surface area contributed by atoms with Crippen molar-refractivity contribution in [1.29, 1.82) is 0 Å². The molecule has 88 valence electrons. The van der Waals surface area contributed by atoms with Gasteiger partial charge in [0.1, 0.15) is 0 Å². The lowest BCUT2D eigenvalue weighted by Crippen LogP contribution is -2.25. The van der Waals surface area contributed by atoms with Gasteiger partial charge in [-0.05, 0) is 24.8 Å². The van der Waals surface area contributed by atoms with E-state index >= 15 is 0 Å². The van der Waals surface area contributed by atoms with Gasteiger partial charge in [0.25, 0.3) is 5.56 Å². The van der Waals surface area contributed by atoms with Gasteiger partial charge in [-0.3, -0.25) is 4.79 Å². The van der Waals surface area contributed by atoms with Crippen molar-refractivity contribution in [3.63, 3.8) is 0 Å². The van der Waals surface area contributed by atoms with Gasteiger partial charge in [-0.25, -0.2) is 0 Å². The maximum absolute atomic E-state index is 11.7. The average Bonchev–Trinajstić information content (AvgIpc) is 2.75. The normalized spacial score (nSPS) is 14.1. The summed E-state index contributed by atoms with van der Waals surface area (Å²) < 4.78 is 7.00. The Kier molecular flexibility index (Phi) is 3.74. The van der Waals surface area contributed by atoms with E-state index < -0.39 is 0 Å². The molecule has 0 spiro atoms. The van der Waals surface area contributed by atoms with E-state index in [2.05, 4.69) is 0 Å². The topological polar surface area (TPSA) is 51.5 Å². The van der Waals surface area contributed by atoms with Crippen LogP contribution >= 0.6 is 0 Å². The molecule has 1 aliphatic rings. The van der Waals surface area contributed by atoms with Gasteiger partial charge < -0.3 is 14.4 Å². The molecule has 4 nitrogen and oxygen atoms in total. The number of pyridine rings is 1. The zero-order valence-electron chi connectivity index (χ0n) is 9.32. The van der Waals surface area contributed by atoms with Crippen LogP contribution in [-0.4, -0.2) is 29.5 Å². The number of ether oxygens (including phenoxy) is 1. The van der Waals surface area contributed by atoms with Gasteiger partial charge in [-0.1, -0.05) is 6.07 Å². The summed E-state index contributed by atoms with van der Waals surface area (Å²) in [6.07, 6.45) is 3.20. The van der Waals surface area contributed by atoms with Crippen molar-refractivity contribution in [3.05, 3.63) is 33.7 Å². The molecule has 0 aromatic carbocycles. The van der Waals surface area contributed by atoms with Crippen LogP contribution in [0.4, 0.5) is 0 Å². The van der Waals surface area contributed by atoms with Gasteiger partial charge >= 0.3 is 0 Å². The molecule has 0 atom stereocenters. The van der Waals surface area contributed by atoms with Crippen molar-refractivity contribution in [2.45, 2.75) is 25.8 Å². The van der Waals surface area contributed by atoms with Crippen LogP contribution < -0.4 is 5.56 Å². The minimum Gasteiger partial charge on any atom is -0.394 e. The number of aryl methyl sites for hydroxylation is 1. The maximum atomic E-state index is 11.7. The van der Waals surface area contributed by atoms with Crippen molar-refractivity contribution in [2.75, 3.05) is 19.8 Å². The van der Waals surface area contributed by atoms with E-state index in [9.17, 15) is 4.79 Å². The predicted molar refractivity (Wildman–Crippen MR) is 60.6 cm³/mol. The summed E-state index contributed by atoms with van der Waals surface area (Å²) in [5, 5.41) is 8.58. The van der Waals surface area contributed by atoms with Gasteiger partial charge in [0, 0.05) is 18.3 Å². The van der Waals surface area contributed by atoms with Crippen LogP contribution in [0.1, 0.15) is 17.7 Å². The molecular weight excluding hydrogens is 206 g/mol. The number of nitrogens with zero attached hydrogens (tertiary/aromatic N) is 1. The molecule has 0 fully saturated rings. The van der Waals surface area contributed by atoms with Gasteiger partial charge in [0.05, 0.1) is 19.8 Å². The Hall–Kier alpha value is -1.13. The lowest BCUT2D eigenvalue weighted by Gasteiger charge is -2.11. The summed E-state index contributed by atoms with van der Waals surface area (Å²) in [4.78, 5) is 11.7. The monoisotopic (exact) mass is 223 g/mol. The number of rotatable bonds is 5. The molecule has 4 heteroatoms. The van der Waals surface area contributed by atoms with Crippen molar-refractivity contribution in [3.8, 4) is 0 Å². The lowest BCUT2D eigenvalue weighted by atomic mass is 10.2. The molecule has 1 heterocycles. The van der Waals surface area contributed by atoms with E-state index in [1.54, 1.807) is 10.6 Å². The van der Waals surface area contributed by atoms with Crippen LogP contribution in [0, 0.1) is 0 Å². The first-order valence-corrected chi connectivity index (χ1v) is 5.73. The van der Waals surface area contributed by atoms with Gasteiger partial charge in [0.2, 0.25) is 0 Å². The maximum Gasteiger partial charge on any atom is 0.250 e. The molecule has 0 amide bonds. The molecule has 0 aliphatic heterocycles. The van der Waals surface area contributed by atoms with Crippen LogP contribution in [0.5, 0.6) is 0 Å². The third-order valence-corrected chi connectivity index (χ3v) is 2.94. The van der Waals surface area contributed by atoms with Crippen LogP contribution in [0.25, 0.3) is 0 Å². The van der Waals surface area contributed by atoms with Crippen LogP contribution in [0.2, 0.25) is 0 Å². The molecule has 0 saturated heterocycles. The van der Waals surface area contributed by atoms with E-state index in [4.69, 9.17) is 9.84 Å². The van der Waals surface area contributed by atoms with Gasteiger partial charge in [-0.15, -0.1) is 0 Å². The van der Waals surface area contributed by atoms with E-state index in [-0.39, 0.29) is 12.2 Å². The van der Waals surface area contributed by atoms with E-state index in [0.29, 0.717) is 19.8 Å². The Morgan fingerprint density at radius 3 is 3.00 bits per heavy atom. The predicted octanol–water partition coefficient (Wildman–Crippen LogP) is 0.346. The van der Waals surface area contributed by atoms with Crippen molar-refractivity contribution in [2.24, 2.45) is 0 Å². The third kappa shape index (κ3) is 2.33. The minimum atomic E-state index is 0.0296. The standard InChI is InChI=1S/C12H17NO3/c14-7-9-16-8-6-13-11-3-1-2-10(11)4-5-12(13)15/h4-5,14H,1-3,6-9H2. The summed E-state index contributed by atoms with van der Waals surface area (Å²) in [6, 6.07) is 3.58. The highest BCUT2D eigenvalue weighted by molar-refractivity contribution is 5.25. The number of aromatic nitrogens is 1. The summed E-state index contributed by atoms with van der Waals surface area (Å²) in [5.41, 5.74) is 2.51. The van der Waals surface area contributed by atoms with Gasteiger partial charge in [-0.2, -0.15) is 0 Å². The molecule has 0 radical (unpaired) electrons. The van der Waals surface area contributed by atoms with E-state index in [1.165, 1.54) is 11.3 Å². The molecule has 1 aliphatic carbocycles. The van der Waals surface area contributed by atoms with Crippen LogP contribution in [-0.2, 0) is 24.1 Å². The molecule has 2 rings (SSSR count). The highest BCUT2D eigenvalue weighted by Gasteiger charge is 2.15. The number of aliphatic hydroxyl groups is 1. The number of fused-ring (bicyclic) bond motifs is 1. The minimum absolute atomic E-state index is 0.0296. The highest BCUT2D eigenvalue weighted by atomic mass is 16.5. The second-order valence-electron chi connectivity index (χ2n) is 3.98. The number of hydrogen-bond acceptors (Lipinski definition) is 3. The Labute approximate surface area is 94.5 Å². The summed E-state index contributed by atoms with van der Waals surface area (Å²) in [5.74, 6) is 0. The molecule has 16 heavy (non-hydrogen) atoms. The first-order valence-electron chi connectivity index (χ1n) is 5.73. The molecule has 0 bridgehead atoms. The Bertz CT molecular complexity index is 411. The zero-order valence-corrected chi connectivity index (χ0v) is 9.32. The SMILES string of the molecule is O=c1ccc2c(n1CCOCCO)CCC2. The number of hydrogen-bond donors (Lipinski definition) is 1. The van der Waals surface area contributed by atoms with Gasteiger partial charge in [0.15, 0.2) is 0 Å².